The largest absolute Gasteiger partial charge is 0.378 e. The average molecular weight is 551 g/mol. The number of anilines is 1. The van der Waals surface area contributed by atoms with Gasteiger partial charge in [-0.3, -0.25) is 9.78 Å². The number of pyridine rings is 1. The maximum Gasteiger partial charge on any atom is 0.224 e. The number of benzene rings is 1. The molecular formula is C25H27BrN8O2. The van der Waals surface area contributed by atoms with Crippen LogP contribution in [0.3, 0.4) is 0 Å². The first-order valence-electron chi connectivity index (χ1n) is 12.3. The van der Waals surface area contributed by atoms with Crippen molar-refractivity contribution in [2.75, 3.05) is 31.6 Å². The summed E-state index contributed by atoms with van der Waals surface area (Å²) in [7, 11) is 0. The lowest BCUT2D eigenvalue weighted by molar-refractivity contribution is -0.125. The quantitative estimate of drug-likeness (QED) is 0.335. The van der Waals surface area contributed by atoms with Gasteiger partial charge in [0, 0.05) is 48.9 Å². The molecule has 0 bridgehead atoms. The van der Waals surface area contributed by atoms with E-state index in [1.165, 1.54) is 0 Å². The van der Waals surface area contributed by atoms with Crippen LogP contribution in [0, 0.1) is 5.92 Å². The fourth-order valence-electron chi connectivity index (χ4n) is 4.97. The molecule has 186 valence electrons. The second kappa shape index (κ2) is 10.1. The summed E-state index contributed by atoms with van der Waals surface area (Å²) in [4.78, 5) is 26.4. The van der Waals surface area contributed by atoms with Crippen LogP contribution in [0.25, 0.3) is 27.6 Å². The summed E-state index contributed by atoms with van der Waals surface area (Å²) in [6, 6.07) is 10.3. The topological polar surface area (TPSA) is 119 Å². The molecule has 36 heavy (non-hydrogen) atoms. The first kappa shape index (κ1) is 23.3. The molecule has 1 aliphatic heterocycles. The third-order valence-electron chi connectivity index (χ3n) is 6.87. The van der Waals surface area contributed by atoms with E-state index in [-0.39, 0.29) is 23.9 Å². The number of nitrogens with one attached hydrogen (secondary N) is 3. The number of carbonyl (C=O) groups excluding carboxylic acids is 1. The van der Waals surface area contributed by atoms with Crippen molar-refractivity contribution in [2.45, 2.75) is 31.3 Å². The fourth-order valence-corrected chi connectivity index (χ4v) is 5.40. The van der Waals surface area contributed by atoms with E-state index in [9.17, 15) is 4.79 Å². The summed E-state index contributed by atoms with van der Waals surface area (Å²) in [6.45, 7) is 2.79. The minimum atomic E-state index is -0.0124. The Morgan fingerprint density at radius 1 is 1.25 bits per heavy atom. The van der Waals surface area contributed by atoms with Gasteiger partial charge in [-0.25, -0.2) is 9.67 Å². The Kier molecular flexibility index (Phi) is 6.51. The molecular weight excluding hydrogens is 524 g/mol. The Balaban J connectivity index is 1.15. The monoisotopic (exact) mass is 550 g/mol. The van der Waals surface area contributed by atoms with Gasteiger partial charge in [0.2, 0.25) is 11.9 Å². The summed E-state index contributed by atoms with van der Waals surface area (Å²) in [5, 5.41) is 16.4. The number of aromatic nitrogens is 5. The number of hydrogen-bond acceptors (Lipinski definition) is 8. The number of nitrogens with zero attached hydrogens (tertiary/aromatic N) is 5. The summed E-state index contributed by atoms with van der Waals surface area (Å²) >= 11 is 3.54. The molecule has 3 atom stereocenters. The van der Waals surface area contributed by atoms with Gasteiger partial charge in [-0.05, 0) is 59.5 Å². The number of ether oxygens (including phenoxy) is 1. The summed E-state index contributed by atoms with van der Waals surface area (Å²) in [5.74, 6) is 0.630. The zero-order valence-corrected chi connectivity index (χ0v) is 21.2. The minimum absolute atomic E-state index is 0.0124. The Bertz CT molecular complexity index is 1400. The lowest BCUT2D eigenvalue weighted by atomic mass is 10.1. The van der Waals surface area contributed by atoms with Crippen LogP contribution in [0.1, 0.15) is 19.3 Å². The third-order valence-corrected chi connectivity index (χ3v) is 7.45. The van der Waals surface area contributed by atoms with Crippen LogP contribution >= 0.6 is 15.9 Å². The minimum Gasteiger partial charge on any atom is -0.378 e. The molecule has 0 spiro atoms. The van der Waals surface area contributed by atoms with Crippen molar-refractivity contribution < 1.29 is 9.53 Å². The van der Waals surface area contributed by atoms with E-state index in [0.29, 0.717) is 29.4 Å². The van der Waals surface area contributed by atoms with E-state index < -0.39 is 0 Å². The summed E-state index contributed by atoms with van der Waals surface area (Å²) in [6.07, 6.45) is 6.05. The van der Waals surface area contributed by atoms with Crippen LogP contribution in [0.15, 0.2) is 47.3 Å². The number of hydrogen-bond donors (Lipinski definition) is 3. The van der Waals surface area contributed by atoms with Gasteiger partial charge in [0.05, 0.1) is 29.8 Å². The molecule has 6 rings (SSSR count). The number of morpholine rings is 1. The van der Waals surface area contributed by atoms with E-state index in [1.807, 2.05) is 35.0 Å². The van der Waals surface area contributed by atoms with Gasteiger partial charge in [0.25, 0.3) is 0 Å². The molecule has 11 heteroatoms. The predicted octanol–water partition coefficient (Wildman–Crippen LogP) is 2.81. The summed E-state index contributed by atoms with van der Waals surface area (Å²) < 4.78 is 7.96. The predicted molar refractivity (Wildman–Crippen MR) is 140 cm³/mol. The molecule has 1 amide bonds. The molecule has 0 unspecified atom stereocenters. The van der Waals surface area contributed by atoms with Crippen molar-refractivity contribution in [1.82, 2.24) is 35.4 Å². The molecule has 1 aromatic carbocycles. The third kappa shape index (κ3) is 4.78. The lowest BCUT2D eigenvalue weighted by Crippen LogP contribution is -2.49. The lowest BCUT2D eigenvalue weighted by Gasteiger charge is -2.24. The van der Waals surface area contributed by atoms with Crippen molar-refractivity contribution in [3.8, 4) is 5.69 Å². The van der Waals surface area contributed by atoms with E-state index >= 15 is 0 Å². The Hall–Kier alpha value is -3.15. The zero-order chi connectivity index (χ0) is 24.5. The maximum atomic E-state index is 12.7. The molecule has 1 aliphatic carbocycles. The molecule has 10 nitrogen and oxygen atoms in total. The second-order valence-corrected chi connectivity index (χ2v) is 10.1. The molecule has 3 N–H and O–H groups in total. The van der Waals surface area contributed by atoms with Crippen LogP contribution in [-0.2, 0) is 9.53 Å². The van der Waals surface area contributed by atoms with Crippen molar-refractivity contribution in [1.29, 1.82) is 0 Å². The Labute approximate surface area is 216 Å². The second-order valence-electron chi connectivity index (χ2n) is 9.34. The molecule has 2 fully saturated rings. The van der Waals surface area contributed by atoms with Crippen LogP contribution in [0.5, 0.6) is 0 Å². The molecule has 0 radical (unpaired) electrons. The summed E-state index contributed by atoms with van der Waals surface area (Å²) in [5.41, 5.74) is 2.53. The molecule has 3 aromatic heterocycles. The normalized spacial score (nSPS) is 22.2. The van der Waals surface area contributed by atoms with Crippen molar-refractivity contribution in [3.05, 3.63) is 47.3 Å². The van der Waals surface area contributed by atoms with Gasteiger partial charge in [-0.2, -0.15) is 10.1 Å². The van der Waals surface area contributed by atoms with E-state index in [4.69, 9.17) is 9.72 Å². The number of amides is 1. The Morgan fingerprint density at radius 2 is 2.19 bits per heavy atom. The van der Waals surface area contributed by atoms with Crippen LogP contribution < -0.4 is 16.0 Å². The van der Waals surface area contributed by atoms with Crippen LogP contribution in [0.2, 0.25) is 0 Å². The van der Waals surface area contributed by atoms with Gasteiger partial charge in [0.15, 0.2) is 5.65 Å². The average Bonchev–Trinajstić information content (AvgIpc) is 3.52. The highest BCUT2D eigenvalue weighted by Crippen LogP contribution is 2.30. The molecule has 4 heterocycles. The van der Waals surface area contributed by atoms with Gasteiger partial charge >= 0.3 is 0 Å². The van der Waals surface area contributed by atoms with Crippen molar-refractivity contribution >= 4 is 49.7 Å². The highest BCUT2D eigenvalue weighted by Gasteiger charge is 2.31. The highest BCUT2D eigenvalue weighted by atomic mass is 79.9. The molecule has 2 aliphatic rings. The molecule has 4 aromatic rings. The van der Waals surface area contributed by atoms with Crippen molar-refractivity contribution in [3.63, 3.8) is 0 Å². The highest BCUT2D eigenvalue weighted by molar-refractivity contribution is 9.10. The smallest absolute Gasteiger partial charge is 0.224 e. The SMILES string of the molecule is O=C(NC[C@H]1COCCN1)[C@@H]1CC[C@@H](Nc2ncc3c(Br)nn(-c4ccc5ncccc5c4)c3n2)C1. The number of halogens is 1. The van der Waals surface area contributed by atoms with Gasteiger partial charge < -0.3 is 20.7 Å². The maximum absolute atomic E-state index is 12.7. The van der Waals surface area contributed by atoms with E-state index in [0.717, 1.165) is 54.4 Å². The first-order valence-corrected chi connectivity index (χ1v) is 13.0. The van der Waals surface area contributed by atoms with Gasteiger partial charge in [0.1, 0.15) is 4.60 Å². The van der Waals surface area contributed by atoms with E-state index in [2.05, 4.69) is 46.9 Å². The molecule has 1 saturated heterocycles. The van der Waals surface area contributed by atoms with Crippen molar-refractivity contribution in [2.24, 2.45) is 5.92 Å². The standard InChI is InChI=1S/C25H27BrN8O2/c26-22-20-13-30-25(31-17-4-3-16(10-17)24(35)29-12-18-14-36-9-8-27-18)32-23(20)34(33-22)19-5-6-21-15(11-19)2-1-7-28-21/h1-2,5-7,11,13,16-18,27H,3-4,8-10,12,14H2,(H,29,35)(H,30,31,32)/t16-,17-,18+/m1/s1. The van der Waals surface area contributed by atoms with Crippen LogP contribution in [0.4, 0.5) is 5.95 Å². The first-order chi connectivity index (χ1) is 17.6. The van der Waals surface area contributed by atoms with E-state index in [1.54, 1.807) is 12.4 Å². The molecule has 1 saturated carbocycles. The van der Waals surface area contributed by atoms with Gasteiger partial charge in [-0.15, -0.1) is 0 Å². The van der Waals surface area contributed by atoms with Crippen LogP contribution in [-0.4, -0.2) is 69.0 Å². The Morgan fingerprint density at radius 3 is 3.08 bits per heavy atom. The van der Waals surface area contributed by atoms with Gasteiger partial charge in [-0.1, -0.05) is 6.07 Å². The fraction of sp³-hybridized carbons (Fsp3) is 0.400. The number of carbonyl (C=O) groups is 1. The number of rotatable bonds is 6. The number of fused-ring (bicyclic) bond motifs is 2. The zero-order valence-electron chi connectivity index (χ0n) is 19.7.